The van der Waals surface area contributed by atoms with E-state index in [0.29, 0.717) is 22.7 Å². The Hall–Kier alpha value is -3.02. The molecule has 0 spiro atoms. The van der Waals surface area contributed by atoms with Crippen LogP contribution in [0.5, 0.6) is 11.5 Å². The highest BCUT2D eigenvalue weighted by atomic mass is 16.5. The van der Waals surface area contributed by atoms with Gasteiger partial charge >= 0.3 is 0 Å². The molecule has 1 atom stereocenters. The quantitative estimate of drug-likeness (QED) is 0.676. The summed E-state index contributed by atoms with van der Waals surface area (Å²) in [7, 11) is 1.60. The molecular weight excluding hydrogens is 380 g/mol. The minimum Gasteiger partial charge on any atom is -0.493 e. The number of nitrogens with one attached hydrogen (secondary N) is 2. The van der Waals surface area contributed by atoms with Crippen molar-refractivity contribution in [3.05, 3.63) is 54.1 Å². The largest absolute Gasteiger partial charge is 0.493 e. The second kappa shape index (κ2) is 10.1. The summed E-state index contributed by atoms with van der Waals surface area (Å²) in [5.41, 5.74) is 1.13. The van der Waals surface area contributed by atoms with Gasteiger partial charge in [-0.2, -0.15) is 0 Å². The molecule has 2 amide bonds. The molecule has 0 heterocycles. The third-order valence-electron chi connectivity index (χ3n) is 5.30. The summed E-state index contributed by atoms with van der Waals surface area (Å²) in [6.07, 6.45) is 4.57. The van der Waals surface area contributed by atoms with E-state index in [1.165, 1.54) is 12.8 Å². The molecule has 160 valence electrons. The molecule has 6 nitrogen and oxygen atoms in total. The van der Waals surface area contributed by atoms with Gasteiger partial charge in [-0.15, -0.1) is 0 Å². The van der Waals surface area contributed by atoms with E-state index in [2.05, 4.69) is 10.6 Å². The van der Waals surface area contributed by atoms with Gasteiger partial charge in [0, 0.05) is 17.3 Å². The number of ether oxygens (including phenoxy) is 2. The average molecular weight is 411 g/mol. The van der Waals surface area contributed by atoms with Gasteiger partial charge in [0.1, 0.15) is 6.04 Å². The topological polar surface area (TPSA) is 76.7 Å². The Bertz CT molecular complexity index is 861. The number of rotatable bonds is 8. The Morgan fingerprint density at radius 3 is 2.33 bits per heavy atom. The lowest BCUT2D eigenvalue weighted by Gasteiger charge is -2.22. The van der Waals surface area contributed by atoms with Crippen molar-refractivity contribution in [3.8, 4) is 11.5 Å². The van der Waals surface area contributed by atoms with Gasteiger partial charge in [0.25, 0.3) is 5.91 Å². The van der Waals surface area contributed by atoms with Crippen LogP contribution in [0.1, 0.15) is 49.9 Å². The van der Waals surface area contributed by atoms with Crippen molar-refractivity contribution in [3.63, 3.8) is 0 Å². The Morgan fingerprint density at radius 1 is 1.00 bits per heavy atom. The van der Waals surface area contributed by atoms with Crippen molar-refractivity contribution in [2.24, 2.45) is 5.92 Å². The number of methoxy groups -OCH3 is 1. The van der Waals surface area contributed by atoms with Crippen molar-refractivity contribution in [2.45, 2.75) is 51.7 Å². The fraction of sp³-hybridized carbons (Fsp3) is 0.417. The molecule has 3 rings (SSSR count). The molecule has 6 heteroatoms. The normalized spacial score (nSPS) is 14.9. The summed E-state index contributed by atoms with van der Waals surface area (Å²) in [4.78, 5) is 25.5. The van der Waals surface area contributed by atoms with Crippen molar-refractivity contribution in [1.29, 1.82) is 0 Å². The number of amides is 2. The fourth-order valence-electron chi connectivity index (χ4n) is 3.60. The van der Waals surface area contributed by atoms with Crippen LogP contribution in [0.2, 0.25) is 0 Å². The van der Waals surface area contributed by atoms with Gasteiger partial charge in [-0.1, -0.05) is 32.0 Å². The SMILES string of the molecule is COc1ccc(NC(=O)C(NC(=O)c2ccccc2)C(C)C)cc1OC1CCCC1. The molecule has 1 fully saturated rings. The summed E-state index contributed by atoms with van der Waals surface area (Å²) in [5, 5.41) is 5.75. The van der Waals surface area contributed by atoms with E-state index in [1.807, 2.05) is 19.9 Å². The number of hydrogen-bond donors (Lipinski definition) is 2. The third kappa shape index (κ3) is 5.53. The number of anilines is 1. The number of benzene rings is 2. The summed E-state index contributed by atoms with van der Waals surface area (Å²) >= 11 is 0. The molecule has 1 saturated carbocycles. The van der Waals surface area contributed by atoms with Crippen LogP contribution < -0.4 is 20.1 Å². The van der Waals surface area contributed by atoms with E-state index in [4.69, 9.17) is 9.47 Å². The van der Waals surface area contributed by atoms with Crippen molar-refractivity contribution in [2.75, 3.05) is 12.4 Å². The van der Waals surface area contributed by atoms with Gasteiger partial charge < -0.3 is 20.1 Å². The van der Waals surface area contributed by atoms with Gasteiger partial charge in [-0.3, -0.25) is 9.59 Å². The first-order valence-corrected chi connectivity index (χ1v) is 10.5. The highest BCUT2D eigenvalue weighted by Crippen LogP contribution is 2.34. The van der Waals surface area contributed by atoms with Crippen LogP contribution in [0, 0.1) is 5.92 Å². The van der Waals surface area contributed by atoms with Gasteiger partial charge in [0.05, 0.1) is 13.2 Å². The van der Waals surface area contributed by atoms with Gasteiger partial charge in [0.15, 0.2) is 11.5 Å². The predicted molar refractivity (Wildman–Crippen MR) is 117 cm³/mol. The monoisotopic (exact) mass is 410 g/mol. The van der Waals surface area contributed by atoms with Gasteiger partial charge in [-0.05, 0) is 55.9 Å². The second-order valence-corrected chi connectivity index (χ2v) is 7.94. The number of carbonyl (C=O) groups is 2. The second-order valence-electron chi connectivity index (χ2n) is 7.94. The maximum Gasteiger partial charge on any atom is 0.251 e. The number of hydrogen-bond acceptors (Lipinski definition) is 4. The molecule has 2 N–H and O–H groups in total. The molecule has 1 aliphatic carbocycles. The fourth-order valence-corrected chi connectivity index (χ4v) is 3.60. The molecule has 2 aromatic rings. The maximum atomic E-state index is 12.9. The molecular formula is C24H30N2O4. The van der Waals surface area contributed by atoms with Crippen molar-refractivity contribution >= 4 is 17.5 Å². The molecule has 2 aromatic carbocycles. The third-order valence-corrected chi connectivity index (χ3v) is 5.30. The average Bonchev–Trinajstić information content (AvgIpc) is 3.25. The van der Waals surface area contributed by atoms with Crippen LogP contribution in [-0.2, 0) is 4.79 Å². The molecule has 0 saturated heterocycles. The Balaban J connectivity index is 1.71. The molecule has 0 radical (unpaired) electrons. The summed E-state index contributed by atoms with van der Waals surface area (Å²) in [5.74, 6) is 0.634. The zero-order chi connectivity index (χ0) is 21.5. The minimum atomic E-state index is -0.668. The maximum absolute atomic E-state index is 12.9. The van der Waals surface area contributed by atoms with Crippen molar-refractivity contribution < 1.29 is 19.1 Å². The molecule has 1 aliphatic rings. The van der Waals surface area contributed by atoms with E-state index in [0.717, 1.165) is 12.8 Å². The highest BCUT2D eigenvalue weighted by Gasteiger charge is 2.25. The molecule has 1 unspecified atom stereocenters. The van der Waals surface area contributed by atoms with Crippen LogP contribution >= 0.6 is 0 Å². The Morgan fingerprint density at radius 2 is 1.70 bits per heavy atom. The van der Waals surface area contributed by atoms with Crippen LogP contribution in [0.25, 0.3) is 0 Å². The van der Waals surface area contributed by atoms with E-state index in [-0.39, 0.29) is 23.8 Å². The Labute approximate surface area is 178 Å². The predicted octanol–water partition coefficient (Wildman–Crippen LogP) is 4.41. The van der Waals surface area contributed by atoms with Crippen molar-refractivity contribution in [1.82, 2.24) is 5.32 Å². The number of carbonyl (C=O) groups excluding carboxylic acids is 2. The van der Waals surface area contributed by atoms with E-state index in [9.17, 15) is 9.59 Å². The van der Waals surface area contributed by atoms with E-state index in [1.54, 1.807) is 49.6 Å². The first-order valence-electron chi connectivity index (χ1n) is 10.5. The first-order chi connectivity index (χ1) is 14.5. The smallest absolute Gasteiger partial charge is 0.251 e. The lowest BCUT2D eigenvalue weighted by Crippen LogP contribution is -2.47. The van der Waals surface area contributed by atoms with Gasteiger partial charge in [-0.25, -0.2) is 0 Å². The minimum absolute atomic E-state index is 0.0786. The summed E-state index contributed by atoms with van der Waals surface area (Å²) in [6.45, 7) is 3.80. The highest BCUT2D eigenvalue weighted by molar-refractivity contribution is 6.01. The molecule has 0 bridgehead atoms. The van der Waals surface area contributed by atoms with Crippen LogP contribution in [-0.4, -0.2) is 31.1 Å². The van der Waals surface area contributed by atoms with E-state index >= 15 is 0 Å². The summed E-state index contributed by atoms with van der Waals surface area (Å²) in [6, 6.07) is 13.6. The Kier molecular flexibility index (Phi) is 7.33. The van der Waals surface area contributed by atoms with Crippen LogP contribution in [0.4, 0.5) is 5.69 Å². The van der Waals surface area contributed by atoms with Crippen LogP contribution in [0.3, 0.4) is 0 Å². The lowest BCUT2D eigenvalue weighted by atomic mass is 10.0. The lowest BCUT2D eigenvalue weighted by molar-refractivity contribution is -0.118. The van der Waals surface area contributed by atoms with E-state index < -0.39 is 6.04 Å². The first kappa shape index (κ1) is 21.7. The molecule has 0 aromatic heterocycles. The van der Waals surface area contributed by atoms with Crippen LogP contribution in [0.15, 0.2) is 48.5 Å². The summed E-state index contributed by atoms with van der Waals surface area (Å²) < 4.78 is 11.5. The molecule has 0 aliphatic heterocycles. The standard InChI is InChI=1S/C24H30N2O4/c1-16(2)22(26-23(27)17-9-5-4-6-10-17)24(28)25-18-13-14-20(29-3)21(15-18)30-19-11-7-8-12-19/h4-6,9-10,13-16,19,22H,7-8,11-12H2,1-3H3,(H,25,28)(H,26,27). The zero-order valence-electron chi connectivity index (χ0n) is 17.8. The zero-order valence-corrected chi connectivity index (χ0v) is 17.8. The molecule has 30 heavy (non-hydrogen) atoms. The van der Waals surface area contributed by atoms with Gasteiger partial charge in [0.2, 0.25) is 5.91 Å².